The standard InChI is InChI=1S/C12H17N5O3/c1-3-4-9(12(19)20)10(13)16-11(8(2)7-18)17-14-5-6-15-17/h4-6,18H,3,7H2,1-2H3,(H2,13,16)(H,19,20)/b9-4-,11-8-. The van der Waals surface area contributed by atoms with Crippen LogP contribution < -0.4 is 5.73 Å². The molecule has 0 spiro atoms. The zero-order valence-electron chi connectivity index (χ0n) is 11.3. The maximum Gasteiger partial charge on any atom is 0.339 e. The Bertz CT molecular complexity index is 558. The zero-order valence-corrected chi connectivity index (χ0v) is 11.3. The normalized spacial score (nSPS) is 14.2. The Morgan fingerprint density at radius 2 is 2.05 bits per heavy atom. The summed E-state index contributed by atoms with van der Waals surface area (Å²) in [5.74, 6) is -1.14. The molecule has 1 aromatic rings. The number of allylic oxidation sites excluding steroid dienone is 1. The largest absolute Gasteiger partial charge is 0.478 e. The van der Waals surface area contributed by atoms with Crippen molar-refractivity contribution in [3.63, 3.8) is 0 Å². The van der Waals surface area contributed by atoms with Crippen molar-refractivity contribution < 1.29 is 15.0 Å². The van der Waals surface area contributed by atoms with Gasteiger partial charge in [-0.1, -0.05) is 13.0 Å². The molecular formula is C12H17N5O3. The van der Waals surface area contributed by atoms with Crippen molar-refractivity contribution in [1.29, 1.82) is 0 Å². The van der Waals surface area contributed by atoms with Crippen LogP contribution in [0.25, 0.3) is 5.82 Å². The van der Waals surface area contributed by atoms with Gasteiger partial charge >= 0.3 is 5.97 Å². The SMILES string of the molecule is CC/C=C(C(=O)O)/C(N)=N\C(=C(/C)CO)n1nccn1. The second-order valence-corrected chi connectivity index (χ2v) is 3.91. The van der Waals surface area contributed by atoms with E-state index in [1.165, 1.54) is 23.3 Å². The molecule has 8 heteroatoms. The monoisotopic (exact) mass is 279 g/mol. The lowest BCUT2D eigenvalue weighted by molar-refractivity contribution is -0.132. The van der Waals surface area contributed by atoms with E-state index in [4.69, 9.17) is 10.8 Å². The molecule has 0 atom stereocenters. The van der Waals surface area contributed by atoms with Gasteiger partial charge in [0.05, 0.1) is 24.6 Å². The Balaban J connectivity index is 3.28. The number of hydrogen-bond donors (Lipinski definition) is 3. The third-order valence-corrected chi connectivity index (χ3v) is 2.37. The van der Waals surface area contributed by atoms with E-state index in [1.807, 2.05) is 0 Å². The lowest BCUT2D eigenvalue weighted by Crippen LogP contribution is -2.22. The molecule has 0 aliphatic heterocycles. The molecule has 4 N–H and O–H groups in total. The van der Waals surface area contributed by atoms with Gasteiger partial charge < -0.3 is 15.9 Å². The first kappa shape index (κ1) is 15.6. The fraction of sp³-hybridized carbons (Fsp3) is 0.333. The van der Waals surface area contributed by atoms with E-state index >= 15 is 0 Å². The average molecular weight is 279 g/mol. The molecule has 20 heavy (non-hydrogen) atoms. The third-order valence-electron chi connectivity index (χ3n) is 2.37. The predicted octanol–water partition coefficient (Wildman–Crippen LogP) is 0.237. The molecule has 0 unspecified atom stereocenters. The highest BCUT2D eigenvalue weighted by molar-refractivity contribution is 6.18. The van der Waals surface area contributed by atoms with Gasteiger partial charge in [0.25, 0.3) is 0 Å². The summed E-state index contributed by atoms with van der Waals surface area (Å²) in [7, 11) is 0. The fourth-order valence-corrected chi connectivity index (χ4v) is 1.39. The highest BCUT2D eigenvalue weighted by Crippen LogP contribution is 2.11. The van der Waals surface area contributed by atoms with Crippen molar-refractivity contribution in [3.8, 4) is 0 Å². The molecule has 0 amide bonds. The molecule has 0 aliphatic carbocycles. The Morgan fingerprint density at radius 3 is 2.50 bits per heavy atom. The molecule has 8 nitrogen and oxygen atoms in total. The number of aliphatic hydroxyl groups excluding tert-OH is 1. The van der Waals surface area contributed by atoms with Crippen molar-refractivity contribution in [2.75, 3.05) is 6.61 Å². The second kappa shape index (κ2) is 7.19. The van der Waals surface area contributed by atoms with Crippen LogP contribution in [0.3, 0.4) is 0 Å². The molecule has 108 valence electrons. The van der Waals surface area contributed by atoms with Crippen molar-refractivity contribution in [2.24, 2.45) is 10.7 Å². The molecular weight excluding hydrogens is 262 g/mol. The molecule has 0 saturated carbocycles. The van der Waals surface area contributed by atoms with E-state index in [1.54, 1.807) is 13.8 Å². The smallest absolute Gasteiger partial charge is 0.339 e. The first-order valence-electron chi connectivity index (χ1n) is 5.96. The number of aliphatic hydroxyl groups is 1. The summed E-state index contributed by atoms with van der Waals surface area (Å²) in [6.07, 6.45) is 4.85. The van der Waals surface area contributed by atoms with Crippen molar-refractivity contribution in [3.05, 3.63) is 29.6 Å². The Hall–Kier alpha value is -2.48. The van der Waals surface area contributed by atoms with Crippen LogP contribution >= 0.6 is 0 Å². The number of carbonyl (C=O) groups is 1. The highest BCUT2D eigenvalue weighted by atomic mass is 16.4. The third kappa shape index (κ3) is 3.75. The van der Waals surface area contributed by atoms with Crippen LogP contribution in [-0.2, 0) is 4.79 Å². The minimum absolute atomic E-state index is 0.0945. The van der Waals surface area contributed by atoms with Crippen LogP contribution in [0.4, 0.5) is 0 Å². The van der Waals surface area contributed by atoms with Gasteiger partial charge in [-0.15, -0.1) is 4.80 Å². The summed E-state index contributed by atoms with van der Waals surface area (Å²) in [6.45, 7) is 3.15. The van der Waals surface area contributed by atoms with E-state index in [0.717, 1.165) is 0 Å². The van der Waals surface area contributed by atoms with Gasteiger partial charge in [0.2, 0.25) is 0 Å². The lowest BCUT2D eigenvalue weighted by atomic mass is 10.2. The van der Waals surface area contributed by atoms with Crippen LogP contribution in [-0.4, -0.2) is 43.6 Å². The second-order valence-electron chi connectivity index (χ2n) is 3.91. The van der Waals surface area contributed by atoms with E-state index in [2.05, 4.69) is 15.2 Å². The molecule has 0 saturated heterocycles. The van der Waals surface area contributed by atoms with E-state index in [-0.39, 0.29) is 23.8 Å². The van der Waals surface area contributed by atoms with E-state index in [9.17, 15) is 9.90 Å². The molecule has 1 heterocycles. The van der Waals surface area contributed by atoms with Crippen LogP contribution in [0.2, 0.25) is 0 Å². The number of rotatable bonds is 6. The Kier molecular flexibility index (Phi) is 5.60. The molecule has 0 bridgehead atoms. The van der Waals surface area contributed by atoms with Crippen LogP contribution in [0.5, 0.6) is 0 Å². The van der Waals surface area contributed by atoms with Gasteiger partial charge in [0.1, 0.15) is 5.84 Å². The van der Waals surface area contributed by atoms with Gasteiger partial charge in [-0.05, 0) is 18.9 Å². The van der Waals surface area contributed by atoms with Gasteiger partial charge in [0.15, 0.2) is 5.82 Å². The molecule has 1 rings (SSSR count). The number of aliphatic imine (C=N–C) groups is 1. The number of amidine groups is 1. The summed E-state index contributed by atoms with van der Waals surface area (Å²) < 4.78 is 0. The van der Waals surface area contributed by atoms with Crippen LogP contribution in [0.15, 0.2) is 34.6 Å². The van der Waals surface area contributed by atoms with Gasteiger partial charge in [-0.2, -0.15) is 10.2 Å². The summed E-state index contributed by atoms with van der Waals surface area (Å²) in [5, 5.41) is 26.1. The van der Waals surface area contributed by atoms with E-state index in [0.29, 0.717) is 12.0 Å². The van der Waals surface area contributed by atoms with E-state index < -0.39 is 5.97 Å². The number of nitrogens with zero attached hydrogens (tertiary/aromatic N) is 4. The van der Waals surface area contributed by atoms with Gasteiger partial charge in [-0.3, -0.25) is 0 Å². The Labute approximate surface area is 115 Å². The molecule has 0 aromatic carbocycles. The number of carboxylic acids is 1. The minimum Gasteiger partial charge on any atom is -0.478 e. The van der Waals surface area contributed by atoms with Crippen molar-refractivity contribution in [1.82, 2.24) is 15.0 Å². The zero-order chi connectivity index (χ0) is 15.1. The highest BCUT2D eigenvalue weighted by Gasteiger charge is 2.14. The van der Waals surface area contributed by atoms with Gasteiger partial charge in [0, 0.05) is 0 Å². The maximum absolute atomic E-state index is 11.1. The summed E-state index contributed by atoms with van der Waals surface area (Å²) in [6, 6.07) is 0. The number of aromatic nitrogens is 3. The van der Waals surface area contributed by atoms with Crippen molar-refractivity contribution in [2.45, 2.75) is 20.3 Å². The topological polar surface area (TPSA) is 127 Å². The quantitative estimate of drug-likeness (QED) is 0.389. The first-order valence-corrected chi connectivity index (χ1v) is 5.96. The number of carboxylic acid groups (broad SMARTS) is 1. The summed E-state index contributed by atoms with van der Waals surface area (Å²) in [5.41, 5.74) is 6.09. The molecule has 0 aliphatic rings. The molecule has 1 aromatic heterocycles. The van der Waals surface area contributed by atoms with Crippen LogP contribution in [0.1, 0.15) is 20.3 Å². The lowest BCUT2D eigenvalue weighted by Gasteiger charge is -2.07. The molecule has 0 radical (unpaired) electrons. The van der Waals surface area contributed by atoms with Crippen LogP contribution in [0, 0.1) is 0 Å². The average Bonchev–Trinajstić information content (AvgIpc) is 2.94. The Morgan fingerprint density at radius 1 is 1.45 bits per heavy atom. The summed E-state index contributed by atoms with van der Waals surface area (Å²) in [4.78, 5) is 16.3. The first-order chi connectivity index (χ1) is 9.51. The minimum atomic E-state index is -1.16. The number of hydrogen-bond acceptors (Lipinski definition) is 5. The number of nitrogens with two attached hydrogens (primary N) is 1. The summed E-state index contributed by atoms with van der Waals surface area (Å²) >= 11 is 0. The van der Waals surface area contributed by atoms with Gasteiger partial charge in [-0.25, -0.2) is 9.79 Å². The number of aliphatic carboxylic acids is 1. The fourth-order valence-electron chi connectivity index (χ4n) is 1.39. The predicted molar refractivity (Wildman–Crippen MR) is 73.6 cm³/mol. The van der Waals surface area contributed by atoms with Crippen molar-refractivity contribution >= 4 is 17.6 Å². The maximum atomic E-state index is 11.1. The molecule has 0 fully saturated rings.